The van der Waals surface area contributed by atoms with Crippen LogP contribution in [0.2, 0.25) is 0 Å². The van der Waals surface area contributed by atoms with E-state index in [1.54, 1.807) is 6.26 Å². The fraction of sp³-hybridized carbons (Fsp3) is 0.444. The average Bonchev–Trinajstić information content (AvgIpc) is 2.57. The summed E-state index contributed by atoms with van der Waals surface area (Å²) in [6, 6.07) is 3.74. The molecular weight excluding hydrogens is 156 g/mol. The number of carbonyl (C=O) groups is 1. The highest BCUT2D eigenvalue weighted by atomic mass is 16.5. The number of ether oxygens (including phenoxy) is 1. The van der Waals surface area contributed by atoms with Gasteiger partial charge in [-0.2, -0.15) is 0 Å². The molecule has 0 aromatic carbocycles. The van der Waals surface area contributed by atoms with Crippen LogP contribution in [0.25, 0.3) is 0 Å². The molecule has 0 amide bonds. The highest BCUT2D eigenvalue weighted by molar-refractivity contribution is 5.69. The van der Waals surface area contributed by atoms with E-state index in [2.05, 4.69) is 4.74 Å². The Bertz CT molecular complexity index is 226. The second kappa shape index (κ2) is 4.59. The van der Waals surface area contributed by atoms with Gasteiger partial charge in [0, 0.05) is 12.8 Å². The van der Waals surface area contributed by atoms with Gasteiger partial charge < -0.3 is 9.15 Å². The van der Waals surface area contributed by atoms with Gasteiger partial charge >= 0.3 is 5.97 Å². The number of esters is 1. The van der Waals surface area contributed by atoms with Crippen LogP contribution in [0.4, 0.5) is 0 Å². The number of hydrogen-bond acceptors (Lipinski definition) is 3. The third-order valence-electron chi connectivity index (χ3n) is 1.61. The lowest BCUT2D eigenvalue weighted by atomic mass is 10.2. The van der Waals surface area contributed by atoms with Crippen LogP contribution < -0.4 is 0 Å². The fourth-order valence-electron chi connectivity index (χ4n) is 0.964. The van der Waals surface area contributed by atoms with Crippen molar-refractivity contribution in [2.24, 2.45) is 0 Å². The van der Waals surface area contributed by atoms with Crippen LogP contribution in [-0.4, -0.2) is 13.1 Å². The van der Waals surface area contributed by atoms with Crippen molar-refractivity contribution in [3.8, 4) is 0 Å². The summed E-state index contributed by atoms with van der Waals surface area (Å²) in [6.45, 7) is 0. The number of aryl methyl sites for hydroxylation is 1. The average molecular weight is 168 g/mol. The third kappa shape index (κ3) is 2.78. The lowest BCUT2D eigenvalue weighted by Crippen LogP contribution is -2.00. The molecule has 0 saturated heterocycles. The molecule has 0 saturated carbocycles. The summed E-state index contributed by atoms with van der Waals surface area (Å²) in [4.78, 5) is 10.7. The highest BCUT2D eigenvalue weighted by Gasteiger charge is 2.01. The summed E-state index contributed by atoms with van der Waals surface area (Å²) >= 11 is 0. The molecule has 0 aliphatic carbocycles. The normalized spacial score (nSPS) is 9.75. The van der Waals surface area contributed by atoms with Gasteiger partial charge in [0.15, 0.2) is 0 Å². The van der Waals surface area contributed by atoms with Gasteiger partial charge in [-0.15, -0.1) is 0 Å². The van der Waals surface area contributed by atoms with Gasteiger partial charge in [-0.3, -0.25) is 4.79 Å². The van der Waals surface area contributed by atoms with Crippen molar-refractivity contribution in [3.63, 3.8) is 0 Å². The lowest BCUT2D eigenvalue weighted by Gasteiger charge is -1.96. The van der Waals surface area contributed by atoms with Crippen LogP contribution >= 0.6 is 0 Å². The van der Waals surface area contributed by atoms with Gasteiger partial charge in [-0.1, -0.05) is 0 Å². The van der Waals surface area contributed by atoms with Gasteiger partial charge in [-0.05, 0) is 18.6 Å². The Labute approximate surface area is 71.3 Å². The van der Waals surface area contributed by atoms with Crippen molar-refractivity contribution < 1.29 is 13.9 Å². The Kier molecular flexibility index (Phi) is 3.38. The zero-order valence-electron chi connectivity index (χ0n) is 7.08. The molecule has 0 atom stereocenters. The predicted octanol–water partition coefficient (Wildman–Crippen LogP) is 1.78. The second-order valence-electron chi connectivity index (χ2n) is 2.51. The molecule has 0 spiro atoms. The Balaban J connectivity index is 2.15. The van der Waals surface area contributed by atoms with Crippen molar-refractivity contribution in [1.29, 1.82) is 0 Å². The maximum atomic E-state index is 10.7. The van der Waals surface area contributed by atoms with E-state index in [4.69, 9.17) is 4.42 Å². The topological polar surface area (TPSA) is 39.4 Å². The molecule has 0 radical (unpaired) electrons. The van der Waals surface area contributed by atoms with Crippen LogP contribution in [0.1, 0.15) is 18.6 Å². The standard InChI is InChI=1S/C9H12O3/c1-11-9(10)6-2-4-8-5-3-7-12-8/h3,5,7H,2,4,6H2,1H3. The lowest BCUT2D eigenvalue weighted by molar-refractivity contribution is -0.140. The second-order valence-corrected chi connectivity index (χ2v) is 2.51. The first kappa shape index (κ1) is 8.84. The first-order valence-corrected chi connectivity index (χ1v) is 3.92. The molecule has 0 bridgehead atoms. The summed E-state index contributed by atoms with van der Waals surface area (Å²) in [7, 11) is 1.40. The Morgan fingerprint density at radius 2 is 2.50 bits per heavy atom. The van der Waals surface area contributed by atoms with Crippen molar-refractivity contribution in [3.05, 3.63) is 24.2 Å². The molecule has 12 heavy (non-hydrogen) atoms. The van der Waals surface area contributed by atoms with Gasteiger partial charge in [-0.25, -0.2) is 0 Å². The molecule has 3 heteroatoms. The molecule has 3 nitrogen and oxygen atoms in total. The monoisotopic (exact) mass is 168 g/mol. The van der Waals surface area contributed by atoms with Crippen LogP contribution in [0.3, 0.4) is 0 Å². The van der Waals surface area contributed by atoms with E-state index >= 15 is 0 Å². The zero-order chi connectivity index (χ0) is 8.81. The number of methoxy groups -OCH3 is 1. The third-order valence-corrected chi connectivity index (χ3v) is 1.61. The summed E-state index contributed by atoms with van der Waals surface area (Å²) in [5.41, 5.74) is 0. The van der Waals surface area contributed by atoms with Crippen LogP contribution in [0, 0.1) is 0 Å². The number of furan rings is 1. The van der Waals surface area contributed by atoms with Gasteiger partial charge in [0.2, 0.25) is 0 Å². The minimum atomic E-state index is -0.165. The predicted molar refractivity (Wildman–Crippen MR) is 43.7 cm³/mol. The maximum Gasteiger partial charge on any atom is 0.305 e. The molecule has 0 N–H and O–H groups in total. The molecule has 0 unspecified atom stereocenters. The molecule has 66 valence electrons. The maximum absolute atomic E-state index is 10.7. The summed E-state index contributed by atoms with van der Waals surface area (Å²) in [5, 5.41) is 0. The van der Waals surface area contributed by atoms with E-state index in [-0.39, 0.29) is 5.97 Å². The van der Waals surface area contributed by atoms with Gasteiger partial charge in [0.05, 0.1) is 13.4 Å². The molecular formula is C9H12O3. The molecule has 0 aliphatic heterocycles. The Morgan fingerprint density at radius 1 is 1.67 bits per heavy atom. The van der Waals surface area contributed by atoms with E-state index in [9.17, 15) is 4.79 Å². The SMILES string of the molecule is COC(=O)CCCc1ccco1. The minimum absolute atomic E-state index is 0.165. The van der Waals surface area contributed by atoms with E-state index in [0.29, 0.717) is 6.42 Å². The Morgan fingerprint density at radius 3 is 3.08 bits per heavy atom. The minimum Gasteiger partial charge on any atom is -0.469 e. The van der Waals surface area contributed by atoms with Crippen molar-refractivity contribution in [2.45, 2.75) is 19.3 Å². The molecule has 1 rings (SSSR count). The highest BCUT2D eigenvalue weighted by Crippen LogP contribution is 2.05. The van der Waals surface area contributed by atoms with Crippen molar-refractivity contribution in [1.82, 2.24) is 0 Å². The molecule has 1 aromatic heterocycles. The zero-order valence-corrected chi connectivity index (χ0v) is 7.08. The summed E-state index contributed by atoms with van der Waals surface area (Å²) in [5.74, 6) is 0.750. The first-order valence-electron chi connectivity index (χ1n) is 3.92. The Hall–Kier alpha value is -1.25. The van der Waals surface area contributed by atoms with E-state index < -0.39 is 0 Å². The largest absolute Gasteiger partial charge is 0.469 e. The van der Waals surface area contributed by atoms with E-state index in [1.807, 2.05) is 12.1 Å². The summed E-state index contributed by atoms with van der Waals surface area (Å²) in [6.07, 6.45) is 3.66. The van der Waals surface area contributed by atoms with Crippen molar-refractivity contribution in [2.75, 3.05) is 7.11 Å². The molecule has 1 aromatic rings. The smallest absolute Gasteiger partial charge is 0.305 e. The van der Waals surface area contributed by atoms with Crippen LogP contribution in [-0.2, 0) is 16.0 Å². The van der Waals surface area contributed by atoms with Crippen LogP contribution in [0.5, 0.6) is 0 Å². The number of rotatable bonds is 4. The number of carbonyl (C=O) groups excluding carboxylic acids is 1. The van der Waals surface area contributed by atoms with Gasteiger partial charge in [0.25, 0.3) is 0 Å². The quantitative estimate of drug-likeness (QED) is 0.643. The molecule has 1 heterocycles. The molecule has 0 aliphatic rings. The van der Waals surface area contributed by atoms with Crippen molar-refractivity contribution >= 4 is 5.97 Å². The fourth-order valence-corrected chi connectivity index (χ4v) is 0.964. The van der Waals surface area contributed by atoms with E-state index in [1.165, 1.54) is 7.11 Å². The van der Waals surface area contributed by atoms with E-state index in [0.717, 1.165) is 18.6 Å². The molecule has 0 fully saturated rings. The van der Waals surface area contributed by atoms with Crippen LogP contribution in [0.15, 0.2) is 22.8 Å². The first-order chi connectivity index (χ1) is 5.83. The number of hydrogen-bond donors (Lipinski definition) is 0. The summed E-state index contributed by atoms with van der Waals surface area (Å²) < 4.78 is 9.60. The van der Waals surface area contributed by atoms with Gasteiger partial charge in [0.1, 0.15) is 5.76 Å².